The molecule has 0 saturated carbocycles. The molecule has 4 rings (SSSR count). The summed E-state index contributed by atoms with van der Waals surface area (Å²) in [6.45, 7) is 3.93. The Balaban J connectivity index is 1.52. The lowest BCUT2D eigenvalue weighted by Crippen LogP contribution is -2.24. The van der Waals surface area contributed by atoms with Gasteiger partial charge in [0.15, 0.2) is 0 Å². The average molecular weight is 499 g/mol. The van der Waals surface area contributed by atoms with E-state index in [1.165, 1.54) is 17.8 Å². The quantitative estimate of drug-likeness (QED) is 0.238. The van der Waals surface area contributed by atoms with Gasteiger partial charge in [0.1, 0.15) is 0 Å². The van der Waals surface area contributed by atoms with E-state index in [4.69, 9.17) is 0 Å². The molecular formula is C29H26N2O4S. The predicted octanol–water partition coefficient (Wildman–Crippen LogP) is 6.61. The second-order valence-electron chi connectivity index (χ2n) is 8.37. The maximum Gasteiger partial charge on any atom is 0.336 e. The lowest BCUT2D eigenvalue weighted by Gasteiger charge is -2.16. The molecule has 0 heterocycles. The highest BCUT2D eigenvalue weighted by Gasteiger charge is 2.20. The summed E-state index contributed by atoms with van der Waals surface area (Å²) in [4.78, 5) is 38.6. The van der Waals surface area contributed by atoms with E-state index in [-0.39, 0.29) is 22.3 Å². The molecule has 0 radical (unpaired) electrons. The maximum atomic E-state index is 13.2. The highest BCUT2D eigenvalue weighted by atomic mass is 32.2. The van der Waals surface area contributed by atoms with Crippen LogP contribution in [0.25, 0.3) is 10.8 Å². The van der Waals surface area contributed by atoms with Gasteiger partial charge >= 0.3 is 5.97 Å². The normalized spacial score (nSPS) is 11.6. The van der Waals surface area contributed by atoms with Crippen LogP contribution in [0.3, 0.4) is 0 Å². The van der Waals surface area contributed by atoms with Gasteiger partial charge in [-0.2, -0.15) is 0 Å². The Bertz CT molecular complexity index is 1450. The molecule has 4 aromatic rings. The number of hydrogen-bond donors (Lipinski definition) is 3. The summed E-state index contributed by atoms with van der Waals surface area (Å²) in [6, 6.07) is 25.0. The van der Waals surface area contributed by atoms with Gasteiger partial charge < -0.3 is 15.7 Å². The number of amides is 2. The predicted molar refractivity (Wildman–Crippen MR) is 145 cm³/mol. The third kappa shape index (κ3) is 5.75. The van der Waals surface area contributed by atoms with Crippen LogP contribution in [-0.4, -0.2) is 28.1 Å². The minimum absolute atomic E-state index is 0.0768. The van der Waals surface area contributed by atoms with Crippen LogP contribution in [0.2, 0.25) is 0 Å². The number of aromatic carboxylic acids is 1. The van der Waals surface area contributed by atoms with Crippen LogP contribution in [0.15, 0.2) is 89.8 Å². The summed E-state index contributed by atoms with van der Waals surface area (Å²) in [5, 5.41) is 16.2. The number of aryl methyl sites for hydroxylation is 1. The van der Waals surface area contributed by atoms with Crippen molar-refractivity contribution < 1.29 is 19.5 Å². The SMILES string of the molecule is CCC(Sc1cccc(NC(=O)c2cccc3cccc(C(=O)O)c23)c1)C(=O)Nc1cccc(C)c1. The first-order valence-corrected chi connectivity index (χ1v) is 12.4. The highest BCUT2D eigenvalue weighted by Crippen LogP contribution is 2.30. The monoisotopic (exact) mass is 498 g/mol. The molecule has 0 aliphatic rings. The first kappa shape index (κ1) is 25.0. The van der Waals surface area contributed by atoms with Crippen LogP contribution in [0.1, 0.15) is 39.6 Å². The molecule has 7 heteroatoms. The van der Waals surface area contributed by atoms with E-state index >= 15 is 0 Å². The summed E-state index contributed by atoms with van der Waals surface area (Å²) in [5.41, 5.74) is 2.75. The van der Waals surface area contributed by atoms with Crippen LogP contribution >= 0.6 is 11.8 Å². The number of carboxylic acid groups (broad SMARTS) is 1. The van der Waals surface area contributed by atoms with Crippen LogP contribution < -0.4 is 10.6 Å². The van der Waals surface area contributed by atoms with Crippen molar-refractivity contribution in [1.29, 1.82) is 0 Å². The highest BCUT2D eigenvalue weighted by molar-refractivity contribution is 8.00. The molecule has 1 atom stereocenters. The molecule has 3 N–H and O–H groups in total. The zero-order chi connectivity index (χ0) is 25.7. The molecule has 0 fully saturated rings. The van der Waals surface area contributed by atoms with E-state index in [0.717, 1.165) is 16.1 Å². The van der Waals surface area contributed by atoms with Crippen molar-refractivity contribution in [3.8, 4) is 0 Å². The molecule has 2 amide bonds. The van der Waals surface area contributed by atoms with Gasteiger partial charge in [0.25, 0.3) is 5.91 Å². The van der Waals surface area contributed by atoms with Gasteiger partial charge in [0.05, 0.1) is 10.8 Å². The zero-order valence-corrected chi connectivity index (χ0v) is 20.8. The first-order valence-electron chi connectivity index (χ1n) is 11.6. The van der Waals surface area contributed by atoms with Crippen LogP contribution in [0.4, 0.5) is 11.4 Å². The Morgan fingerprint density at radius 2 is 1.47 bits per heavy atom. The van der Waals surface area contributed by atoms with Crippen LogP contribution in [0.5, 0.6) is 0 Å². The number of anilines is 2. The van der Waals surface area contributed by atoms with Crippen molar-refractivity contribution >= 4 is 51.7 Å². The Hall–Kier alpha value is -4.10. The third-order valence-electron chi connectivity index (χ3n) is 5.70. The van der Waals surface area contributed by atoms with E-state index in [1.54, 1.807) is 36.4 Å². The molecule has 182 valence electrons. The van der Waals surface area contributed by atoms with E-state index < -0.39 is 11.9 Å². The van der Waals surface area contributed by atoms with E-state index in [1.807, 2.05) is 56.3 Å². The van der Waals surface area contributed by atoms with Gasteiger partial charge in [0.2, 0.25) is 5.91 Å². The second-order valence-corrected chi connectivity index (χ2v) is 9.65. The minimum atomic E-state index is -1.09. The number of carbonyl (C=O) groups excluding carboxylic acids is 2. The van der Waals surface area contributed by atoms with Gasteiger partial charge in [-0.25, -0.2) is 4.79 Å². The molecule has 0 saturated heterocycles. The van der Waals surface area contributed by atoms with Gasteiger partial charge in [-0.15, -0.1) is 11.8 Å². The number of hydrogen-bond acceptors (Lipinski definition) is 4. The van der Waals surface area contributed by atoms with Crippen molar-refractivity contribution in [2.45, 2.75) is 30.4 Å². The molecule has 1 unspecified atom stereocenters. The summed E-state index contributed by atoms with van der Waals surface area (Å²) in [5.74, 6) is -1.58. The number of thioether (sulfide) groups is 1. The lowest BCUT2D eigenvalue weighted by atomic mass is 9.98. The van der Waals surface area contributed by atoms with E-state index in [2.05, 4.69) is 10.6 Å². The number of rotatable bonds is 8. The van der Waals surface area contributed by atoms with Crippen molar-refractivity contribution in [3.05, 3.63) is 102 Å². The molecule has 6 nitrogen and oxygen atoms in total. The molecular weight excluding hydrogens is 472 g/mol. The first-order chi connectivity index (χ1) is 17.4. The summed E-state index contributed by atoms with van der Waals surface area (Å²) in [6.07, 6.45) is 0.632. The smallest absolute Gasteiger partial charge is 0.336 e. The van der Waals surface area contributed by atoms with Crippen molar-refractivity contribution in [2.75, 3.05) is 10.6 Å². The topological polar surface area (TPSA) is 95.5 Å². The van der Waals surface area contributed by atoms with E-state index in [0.29, 0.717) is 22.9 Å². The second kappa shape index (κ2) is 11.1. The third-order valence-corrected chi connectivity index (χ3v) is 7.06. The Morgan fingerprint density at radius 3 is 2.14 bits per heavy atom. The fourth-order valence-corrected chi connectivity index (χ4v) is 5.00. The van der Waals surface area contributed by atoms with Gasteiger partial charge in [0, 0.05) is 27.2 Å². The van der Waals surface area contributed by atoms with Crippen molar-refractivity contribution in [2.24, 2.45) is 0 Å². The average Bonchev–Trinajstić information content (AvgIpc) is 2.86. The summed E-state index contributed by atoms with van der Waals surface area (Å²) >= 11 is 1.43. The number of fused-ring (bicyclic) bond motifs is 1. The number of carbonyl (C=O) groups is 3. The number of benzene rings is 4. The summed E-state index contributed by atoms with van der Waals surface area (Å²) in [7, 11) is 0. The molecule has 0 bridgehead atoms. The van der Waals surface area contributed by atoms with Crippen LogP contribution in [-0.2, 0) is 4.79 Å². The standard InChI is InChI=1S/C29H26N2O4S/c1-3-25(28(33)31-20-11-4-8-18(2)16-20)36-22-13-7-12-21(17-22)30-27(32)23-14-5-9-19-10-6-15-24(26(19)23)29(34)35/h4-17,25H,3H2,1-2H3,(H,30,32)(H,31,33)(H,34,35). The van der Waals surface area contributed by atoms with Crippen LogP contribution in [0, 0.1) is 6.92 Å². The largest absolute Gasteiger partial charge is 0.478 e. The molecule has 0 aliphatic heterocycles. The lowest BCUT2D eigenvalue weighted by molar-refractivity contribution is -0.115. The van der Waals surface area contributed by atoms with Gasteiger partial charge in [-0.05, 0) is 66.8 Å². The Kier molecular flexibility index (Phi) is 7.71. The van der Waals surface area contributed by atoms with E-state index in [9.17, 15) is 19.5 Å². The Labute approximate surface area is 213 Å². The van der Waals surface area contributed by atoms with Gasteiger partial charge in [-0.3, -0.25) is 9.59 Å². The number of nitrogens with one attached hydrogen (secondary N) is 2. The fourth-order valence-electron chi connectivity index (χ4n) is 3.99. The zero-order valence-electron chi connectivity index (χ0n) is 19.9. The van der Waals surface area contributed by atoms with Crippen molar-refractivity contribution in [3.63, 3.8) is 0 Å². The molecule has 4 aromatic carbocycles. The van der Waals surface area contributed by atoms with Gasteiger partial charge in [-0.1, -0.05) is 49.4 Å². The molecule has 0 aromatic heterocycles. The molecule has 0 aliphatic carbocycles. The number of carboxylic acids is 1. The molecule has 0 spiro atoms. The Morgan fingerprint density at radius 1 is 0.833 bits per heavy atom. The minimum Gasteiger partial charge on any atom is -0.478 e. The maximum absolute atomic E-state index is 13.2. The fraction of sp³-hybridized carbons (Fsp3) is 0.138. The van der Waals surface area contributed by atoms with Crippen molar-refractivity contribution in [1.82, 2.24) is 0 Å². The molecule has 36 heavy (non-hydrogen) atoms. The summed E-state index contributed by atoms with van der Waals surface area (Å²) < 4.78 is 0.